The number of nitrogens with two attached hydrogens (primary N) is 1. The Kier molecular flexibility index (Phi) is 3.97. The Morgan fingerprint density at radius 2 is 1.86 bits per heavy atom. The van der Waals surface area contributed by atoms with Crippen molar-refractivity contribution in [2.24, 2.45) is 11.7 Å². The van der Waals surface area contributed by atoms with Crippen LogP contribution in [0.3, 0.4) is 0 Å². The molecule has 0 amide bonds. The Morgan fingerprint density at radius 1 is 1.10 bits per heavy atom. The minimum atomic E-state index is -3.52. The summed E-state index contributed by atoms with van der Waals surface area (Å²) in [4.78, 5) is 0.350. The highest BCUT2D eigenvalue weighted by atomic mass is 32.2. The predicted molar refractivity (Wildman–Crippen MR) is 84.5 cm³/mol. The monoisotopic (exact) mass is 304 g/mol. The second-order valence-electron chi connectivity index (χ2n) is 5.63. The third kappa shape index (κ3) is 2.81. The zero-order chi connectivity index (χ0) is 14.9. The van der Waals surface area contributed by atoms with Crippen molar-refractivity contribution >= 4 is 20.8 Å². The van der Waals surface area contributed by atoms with E-state index in [4.69, 9.17) is 5.73 Å². The van der Waals surface area contributed by atoms with Gasteiger partial charge in [-0.25, -0.2) is 13.1 Å². The third-order valence-electron chi connectivity index (χ3n) is 4.31. The van der Waals surface area contributed by atoms with Gasteiger partial charge in [0, 0.05) is 11.4 Å². The maximum absolute atomic E-state index is 12.7. The summed E-state index contributed by atoms with van der Waals surface area (Å²) in [6.45, 7) is 0.530. The fourth-order valence-electron chi connectivity index (χ4n) is 3.17. The van der Waals surface area contributed by atoms with Gasteiger partial charge in [-0.05, 0) is 36.8 Å². The first-order chi connectivity index (χ1) is 10.1. The molecule has 21 heavy (non-hydrogen) atoms. The van der Waals surface area contributed by atoms with E-state index in [1.54, 1.807) is 12.1 Å². The summed E-state index contributed by atoms with van der Waals surface area (Å²) < 4.78 is 28.3. The SMILES string of the molecule is NCC1CCCC1NS(=O)(=O)c1cccc2ccccc12. The van der Waals surface area contributed by atoms with E-state index in [1.807, 2.05) is 30.3 Å². The highest BCUT2D eigenvalue weighted by Crippen LogP contribution is 2.28. The quantitative estimate of drug-likeness (QED) is 0.910. The molecular weight excluding hydrogens is 284 g/mol. The summed E-state index contributed by atoms with van der Waals surface area (Å²) in [5.41, 5.74) is 5.74. The van der Waals surface area contributed by atoms with E-state index in [1.165, 1.54) is 0 Å². The third-order valence-corrected chi connectivity index (χ3v) is 5.86. The molecule has 0 heterocycles. The molecule has 112 valence electrons. The molecular formula is C16H20N2O2S. The average molecular weight is 304 g/mol. The summed E-state index contributed by atoms with van der Waals surface area (Å²) in [5, 5.41) is 1.69. The minimum Gasteiger partial charge on any atom is -0.330 e. The second-order valence-corrected chi connectivity index (χ2v) is 7.31. The largest absolute Gasteiger partial charge is 0.330 e. The van der Waals surface area contributed by atoms with E-state index in [-0.39, 0.29) is 12.0 Å². The molecule has 0 aromatic heterocycles. The second kappa shape index (κ2) is 5.75. The van der Waals surface area contributed by atoms with E-state index >= 15 is 0 Å². The van der Waals surface area contributed by atoms with Crippen molar-refractivity contribution in [2.75, 3.05) is 6.54 Å². The molecule has 3 N–H and O–H groups in total. The summed E-state index contributed by atoms with van der Waals surface area (Å²) in [6.07, 6.45) is 2.90. The molecule has 4 nitrogen and oxygen atoms in total. The normalized spacial score (nSPS) is 22.7. The zero-order valence-electron chi connectivity index (χ0n) is 11.8. The molecule has 1 saturated carbocycles. The molecule has 0 spiro atoms. The van der Waals surface area contributed by atoms with Gasteiger partial charge in [0.05, 0.1) is 4.90 Å². The van der Waals surface area contributed by atoms with Crippen molar-refractivity contribution in [3.8, 4) is 0 Å². The van der Waals surface area contributed by atoms with Gasteiger partial charge in [0.1, 0.15) is 0 Å². The van der Waals surface area contributed by atoms with Crippen LogP contribution in [0.25, 0.3) is 10.8 Å². The number of hydrogen-bond acceptors (Lipinski definition) is 3. The van der Waals surface area contributed by atoms with Crippen LogP contribution in [-0.4, -0.2) is 21.0 Å². The average Bonchev–Trinajstić information content (AvgIpc) is 2.93. The van der Waals surface area contributed by atoms with E-state index in [0.29, 0.717) is 11.4 Å². The Labute approximate surface area is 125 Å². The van der Waals surface area contributed by atoms with Crippen LogP contribution in [0.15, 0.2) is 47.4 Å². The van der Waals surface area contributed by atoms with Crippen LogP contribution in [0.1, 0.15) is 19.3 Å². The molecule has 0 saturated heterocycles. The first-order valence-electron chi connectivity index (χ1n) is 7.32. The lowest BCUT2D eigenvalue weighted by atomic mass is 10.1. The fourth-order valence-corrected chi connectivity index (χ4v) is 4.74. The zero-order valence-corrected chi connectivity index (χ0v) is 12.6. The Bertz CT molecular complexity index is 738. The summed E-state index contributed by atoms with van der Waals surface area (Å²) in [7, 11) is -3.52. The molecule has 1 aliphatic rings. The maximum Gasteiger partial charge on any atom is 0.241 e. The lowest BCUT2D eigenvalue weighted by Crippen LogP contribution is -2.39. The van der Waals surface area contributed by atoms with Crippen LogP contribution < -0.4 is 10.5 Å². The number of sulfonamides is 1. The van der Waals surface area contributed by atoms with E-state index in [0.717, 1.165) is 30.0 Å². The molecule has 0 radical (unpaired) electrons. The van der Waals surface area contributed by atoms with Gasteiger partial charge in [0.15, 0.2) is 0 Å². The van der Waals surface area contributed by atoms with Crippen LogP contribution in [0.4, 0.5) is 0 Å². The summed E-state index contributed by atoms with van der Waals surface area (Å²) in [6, 6.07) is 12.9. The molecule has 2 atom stereocenters. The molecule has 1 fully saturated rings. The van der Waals surface area contributed by atoms with Crippen LogP contribution in [0.5, 0.6) is 0 Å². The number of nitrogens with one attached hydrogen (secondary N) is 1. The van der Waals surface area contributed by atoms with E-state index in [9.17, 15) is 8.42 Å². The maximum atomic E-state index is 12.7. The van der Waals surface area contributed by atoms with Crippen molar-refractivity contribution in [1.29, 1.82) is 0 Å². The van der Waals surface area contributed by atoms with Crippen molar-refractivity contribution in [1.82, 2.24) is 4.72 Å². The van der Waals surface area contributed by atoms with Crippen molar-refractivity contribution in [3.63, 3.8) is 0 Å². The summed E-state index contributed by atoms with van der Waals surface area (Å²) >= 11 is 0. The van der Waals surface area contributed by atoms with Gasteiger partial charge in [-0.15, -0.1) is 0 Å². The lowest BCUT2D eigenvalue weighted by molar-refractivity contribution is 0.453. The molecule has 0 aliphatic heterocycles. The van der Waals surface area contributed by atoms with Gasteiger partial charge in [-0.1, -0.05) is 42.8 Å². The van der Waals surface area contributed by atoms with E-state index < -0.39 is 10.0 Å². The Hall–Kier alpha value is -1.43. The minimum absolute atomic E-state index is 0.0426. The number of rotatable bonds is 4. The fraction of sp³-hybridized carbons (Fsp3) is 0.375. The number of benzene rings is 2. The van der Waals surface area contributed by atoms with Gasteiger partial charge in [0.2, 0.25) is 10.0 Å². The van der Waals surface area contributed by atoms with Gasteiger partial charge >= 0.3 is 0 Å². The Morgan fingerprint density at radius 3 is 2.67 bits per heavy atom. The van der Waals surface area contributed by atoms with Gasteiger partial charge in [-0.3, -0.25) is 0 Å². The molecule has 1 aliphatic carbocycles. The summed E-state index contributed by atoms with van der Waals surface area (Å²) in [5.74, 6) is 0.245. The van der Waals surface area contributed by atoms with Gasteiger partial charge in [-0.2, -0.15) is 0 Å². The number of fused-ring (bicyclic) bond motifs is 1. The van der Waals surface area contributed by atoms with Gasteiger partial charge < -0.3 is 5.73 Å². The first kappa shape index (κ1) is 14.5. The van der Waals surface area contributed by atoms with Crippen molar-refractivity contribution < 1.29 is 8.42 Å². The van der Waals surface area contributed by atoms with Crippen LogP contribution in [0, 0.1) is 5.92 Å². The van der Waals surface area contributed by atoms with Crippen molar-refractivity contribution in [3.05, 3.63) is 42.5 Å². The molecule has 5 heteroatoms. The van der Waals surface area contributed by atoms with Crippen molar-refractivity contribution in [2.45, 2.75) is 30.2 Å². The standard InChI is InChI=1S/C16H20N2O2S/c17-11-13-7-3-9-15(13)18-21(19,20)16-10-4-6-12-5-1-2-8-14(12)16/h1-2,4-6,8,10,13,15,18H,3,7,9,11,17H2. The Balaban J connectivity index is 1.97. The van der Waals surface area contributed by atoms with Crippen LogP contribution in [-0.2, 0) is 10.0 Å². The number of hydrogen-bond donors (Lipinski definition) is 2. The molecule has 2 unspecified atom stereocenters. The lowest BCUT2D eigenvalue weighted by Gasteiger charge is -2.20. The highest BCUT2D eigenvalue weighted by molar-refractivity contribution is 7.89. The predicted octanol–water partition coefficient (Wildman–Crippen LogP) is 2.25. The van der Waals surface area contributed by atoms with Crippen LogP contribution >= 0.6 is 0 Å². The smallest absolute Gasteiger partial charge is 0.241 e. The van der Waals surface area contributed by atoms with E-state index in [2.05, 4.69) is 4.72 Å². The molecule has 0 bridgehead atoms. The highest BCUT2D eigenvalue weighted by Gasteiger charge is 2.30. The molecule has 2 aromatic rings. The van der Waals surface area contributed by atoms with Crippen LogP contribution in [0.2, 0.25) is 0 Å². The first-order valence-corrected chi connectivity index (χ1v) is 8.80. The molecule has 3 rings (SSSR count). The van der Waals surface area contributed by atoms with Gasteiger partial charge in [0.25, 0.3) is 0 Å². The topological polar surface area (TPSA) is 72.2 Å². The molecule has 2 aromatic carbocycles.